The summed E-state index contributed by atoms with van der Waals surface area (Å²) < 4.78 is 0. The van der Waals surface area contributed by atoms with E-state index in [0.29, 0.717) is 10.6 Å². The Morgan fingerprint density at radius 3 is 2.44 bits per heavy atom. The molecular formula is C15H13ClO2. The molecule has 0 radical (unpaired) electrons. The van der Waals surface area contributed by atoms with E-state index in [4.69, 9.17) is 11.6 Å². The van der Waals surface area contributed by atoms with E-state index in [1.165, 1.54) is 6.92 Å². The average Bonchev–Trinajstić information content (AvgIpc) is 2.27. The second-order valence-corrected chi connectivity index (χ2v) is 4.63. The van der Waals surface area contributed by atoms with Gasteiger partial charge in [0.1, 0.15) is 5.75 Å². The van der Waals surface area contributed by atoms with Crippen molar-refractivity contribution in [2.24, 2.45) is 0 Å². The highest BCUT2D eigenvalue weighted by atomic mass is 35.5. The number of hydrogen-bond donors (Lipinski definition) is 1. The Kier molecular flexibility index (Phi) is 3.39. The Balaban J connectivity index is 2.62. The van der Waals surface area contributed by atoms with Gasteiger partial charge in [0.25, 0.3) is 0 Å². The summed E-state index contributed by atoms with van der Waals surface area (Å²) in [4.78, 5) is 11.4. The minimum absolute atomic E-state index is 0.00239. The quantitative estimate of drug-likeness (QED) is 0.821. The fourth-order valence-electron chi connectivity index (χ4n) is 2.08. The summed E-state index contributed by atoms with van der Waals surface area (Å²) >= 11 is 6.12. The molecule has 0 heterocycles. The first-order valence-electron chi connectivity index (χ1n) is 5.60. The standard InChI is InChI=1S/C15H13ClO2/c1-9-7-11(8-14(18)15(9)10(2)17)12-5-3-4-6-13(12)16/h3-8,18H,1-2H3. The number of ketones is 1. The molecule has 2 aromatic rings. The van der Waals surface area contributed by atoms with Crippen molar-refractivity contribution < 1.29 is 9.90 Å². The molecule has 0 aliphatic rings. The third kappa shape index (κ3) is 2.24. The van der Waals surface area contributed by atoms with E-state index in [9.17, 15) is 9.90 Å². The van der Waals surface area contributed by atoms with Gasteiger partial charge in [0.2, 0.25) is 0 Å². The number of rotatable bonds is 2. The Labute approximate surface area is 111 Å². The Morgan fingerprint density at radius 1 is 1.22 bits per heavy atom. The molecule has 0 aliphatic carbocycles. The monoisotopic (exact) mass is 260 g/mol. The third-order valence-corrected chi connectivity index (χ3v) is 3.18. The first-order valence-corrected chi connectivity index (χ1v) is 5.98. The molecule has 0 aliphatic heterocycles. The van der Waals surface area contributed by atoms with Crippen molar-refractivity contribution in [1.82, 2.24) is 0 Å². The average molecular weight is 261 g/mol. The van der Waals surface area contributed by atoms with Crippen LogP contribution in [0.1, 0.15) is 22.8 Å². The molecular weight excluding hydrogens is 248 g/mol. The fraction of sp³-hybridized carbons (Fsp3) is 0.133. The van der Waals surface area contributed by atoms with Crippen LogP contribution < -0.4 is 0 Å². The van der Waals surface area contributed by atoms with Crippen LogP contribution in [0.2, 0.25) is 5.02 Å². The van der Waals surface area contributed by atoms with Crippen molar-refractivity contribution in [1.29, 1.82) is 0 Å². The van der Waals surface area contributed by atoms with Gasteiger partial charge in [-0.25, -0.2) is 0 Å². The number of phenols is 1. The SMILES string of the molecule is CC(=O)c1c(C)cc(-c2ccccc2Cl)cc1O. The summed E-state index contributed by atoms with van der Waals surface area (Å²) in [5.41, 5.74) is 2.76. The zero-order valence-electron chi connectivity index (χ0n) is 10.2. The van der Waals surface area contributed by atoms with Crippen LogP contribution in [0.15, 0.2) is 36.4 Å². The highest BCUT2D eigenvalue weighted by molar-refractivity contribution is 6.33. The highest BCUT2D eigenvalue weighted by Crippen LogP contribution is 2.33. The zero-order chi connectivity index (χ0) is 13.3. The van der Waals surface area contributed by atoms with Crippen LogP contribution in [0, 0.1) is 6.92 Å². The first kappa shape index (κ1) is 12.7. The Hall–Kier alpha value is -1.80. The first-order chi connectivity index (χ1) is 8.50. The van der Waals surface area contributed by atoms with Crippen LogP contribution in [0.3, 0.4) is 0 Å². The van der Waals surface area contributed by atoms with Crippen LogP contribution >= 0.6 is 11.6 Å². The smallest absolute Gasteiger partial charge is 0.163 e. The van der Waals surface area contributed by atoms with Gasteiger partial charge >= 0.3 is 0 Å². The summed E-state index contributed by atoms with van der Waals surface area (Å²) in [6.07, 6.45) is 0. The van der Waals surface area contributed by atoms with Gasteiger partial charge in [0.15, 0.2) is 5.78 Å². The van der Waals surface area contributed by atoms with Gasteiger partial charge in [-0.1, -0.05) is 35.9 Å². The van der Waals surface area contributed by atoms with Gasteiger partial charge in [-0.2, -0.15) is 0 Å². The fourth-order valence-corrected chi connectivity index (χ4v) is 2.32. The van der Waals surface area contributed by atoms with Crippen LogP contribution in [-0.4, -0.2) is 10.9 Å². The number of hydrogen-bond acceptors (Lipinski definition) is 2. The Bertz CT molecular complexity index is 595. The van der Waals surface area contributed by atoms with E-state index >= 15 is 0 Å². The molecule has 18 heavy (non-hydrogen) atoms. The lowest BCUT2D eigenvalue weighted by Gasteiger charge is -2.10. The normalized spacial score (nSPS) is 10.4. The molecule has 0 bridgehead atoms. The topological polar surface area (TPSA) is 37.3 Å². The summed E-state index contributed by atoms with van der Waals surface area (Å²) in [5, 5.41) is 10.5. The maximum Gasteiger partial charge on any atom is 0.163 e. The van der Waals surface area contributed by atoms with E-state index < -0.39 is 0 Å². The number of aromatic hydroxyl groups is 1. The van der Waals surface area contributed by atoms with Crippen LogP contribution in [0.5, 0.6) is 5.75 Å². The lowest BCUT2D eigenvalue weighted by atomic mass is 9.97. The second kappa shape index (κ2) is 4.83. The number of aryl methyl sites for hydroxylation is 1. The minimum Gasteiger partial charge on any atom is -0.507 e. The van der Waals surface area contributed by atoms with Gasteiger partial charge < -0.3 is 5.11 Å². The molecule has 2 aromatic carbocycles. The van der Waals surface area contributed by atoms with Crippen molar-refractivity contribution in [3.8, 4) is 16.9 Å². The molecule has 1 N–H and O–H groups in total. The van der Waals surface area contributed by atoms with E-state index in [1.54, 1.807) is 19.1 Å². The van der Waals surface area contributed by atoms with Crippen molar-refractivity contribution >= 4 is 17.4 Å². The van der Waals surface area contributed by atoms with E-state index in [0.717, 1.165) is 16.7 Å². The van der Waals surface area contributed by atoms with Gasteiger partial charge in [-0.3, -0.25) is 4.79 Å². The maximum absolute atomic E-state index is 11.4. The zero-order valence-corrected chi connectivity index (χ0v) is 11.0. The maximum atomic E-state index is 11.4. The van der Waals surface area contributed by atoms with Crippen LogP contribution in [0.25, 0.3) is 11.1 Å². The van der Waals surface area contributed by atoms with Gasteiger partial charge in [-0.05, 0) is 37.1 Å². The summed E-state index contributed by atoms with van der Waals surface area (Å²) in [6.45, 7) is 3.24. The minimum atomic E-state index is -0.143. The van der Waals surface area contributed by atoms with Gasteiger partial charge in [0.05, 0.1) is 5.56 Å². The van der Waals surface area contributed by atoms with Crippen LogP contribution in [0.4, 0.5) is 0 Å². The number of carbonyl (C=O) groups excluding carboxylic acids is 1. The van der Waals surface area contributed by atoms with Gasteiger partial charge in [0, 0.05) is 10.6 Å². The summed E-state index contributed by atoms with van der Waals surface area (Å²) in [5.74, 6) is -0.145. The molecule has 0 spiro atoms. The lowest BCUT2D eigenvalue weighted by Crippen LogP contribution is -1.97. The molecule has 0 aromatic heterocycles. The largest absolute Gasteiger partial charge is 0.507 e. The van der Waals surface area contributed by atoms with E-state index in [2.05, 4.69) is 0 Å². The second-order valence-electron chi connectivity index (χ2n) is 4.22. The van der Waals surface area contributed by atoms with E-state index in [-0.39, 0.29) is 11.5 Å². The molecule has 2 rings (SSSR count). The number of carbonyl (C=O) groups is 1. The molecule has 0 atom stereocenters. The number of Topliss-reactive ketones (excluding diaryl/α,β-unsaturated/α-hetero) is 1. The van der Waals surface area contributed by atoms with Crippen molar-refractivity contribution in [2.45, 2.75) is 13.8 Å². The number of benzene rings is 2. The van der Waals surface area contributed by atoms with E-state index in [1.807, 2.05) is 24.3 Å². The molecule has 0 unspecified atom stereocenters. The van der Waals surface area contributed by atoms with Gasteiger partial charge in [-0.15, -0.1) is 0 Å². The van der Waals surface area contributed by atoms with Crippen molar-refractivity contribution in [3.05, 3.63) is 52.5 Å². The summed E-state index contributed by atoms with van der Waals surface area (Å²) in [7, 11) is 0. The number of phenolic OH excluding ortho intramolecular Hbond substituents is 1. The molecule has 2 nitrogen and oxygen atoms in total. The predicted octanol–water partition coefficient (Wildman–Crippen LogP) is 4.22. The Morgan fingerprint density at radius 2 is 1.89 bits per heavy atom. The molecule has 0 saturated heterocycles. The molecule has 0 fully saturated rings. The predicted molar refractivity (Wildman–Crippen MR) is 73.3 cm³/mol. The molecule has 3 heteroatoms. The highest BCUT2D eigenvalue weighted by Gasteiger charge is 2.13. The lowest BCUT2D eigenvalue weighted by molar-refractivity contribution is 0.101. The molecule has 0 saturated carbocycles. The molecule has 0 amide bonds. The van der Waals surface area contributed by atoms with Crippen molar-refractivity contribution in [2.75, 3.05) is 0 Å². The molecule has 92 valence electrons. The summed E-state index contributed by atoms with van der Waals surface area (Å²) in [6, 6.07) is 10.8. The van der Waals surface area contributed by atoms with Crippen LogP contribution in [-0.2, 0) is 0 Å². The van der Waals surface area contributed by atoms with Crippen molar-refractivity contribution in [3.63, 3.8) is 0 Å². The number of halogens is 1. The third-order valence-electron chi connectivity index (χ3n) is 2.85.